The number of rotatable bonds is 2. The third-order valence-electron chi connectivity index (χ3n) is 2.79. The smallest absolute Gasteiger partial charge is 0.397 e. The molecule has 0 radical (unpaired) electrons. The number of halogens is 3. The lowest BCUT2D eigenvalue weighted by atomic mass is 10.1. The molecule has 0 spiro atoms. The summed E-state index contributed by atoms with van der Waals surface area (Å²) >= 11 is 0. The Morgan fingerprint density at radius 1 is 1.00 bits per heavy atom. The first kappa shape index (κ1) is 13.3. The molecule has 3 N–H and O–H groups in total. The van der Waals surface area contributed by atoms with Crippen molar-refractivity contribution in [2.45, 2.75) is 13.1 Å². The quantitative estimate of drug-likeness (QED) is 0.793. The van der Waals surface area contributed by atoms with Gasteiger partial charge in [0.05, 0.1) is 16.9 Å². The molecule has 5 heteroatoms. The molecule has 0 saturated heterocycles. The van der Waals surface area contributed by atoms with Gasteiger partial charge in [0.1, 0.15) is 0 Å². The monoisotopic (exact) mass is 266 g/mol. The van der Waals surface area contributed by atoms with Gasteiger partial charge in [0.15, 0.2) is 0 Å². The van der Waals surface area contributed by atoms with Gasteiger partial charge in [0.25, 0.3) is 0 Å². The van der Waals surface area contributed by atoms with E-state index >= 15 is 0 Å². The minimum atomic E-state index is -4.32. The molecule has 0 heterocycles. The fraction of sp³-hybridized carbons (Fsp3) is 0.143. The van der Waals surface area contributed by atoms with Crippen molar-refractivity contribution in [3.05, 3.63) is 53.6 Å². The van der Waals surface area contributed by atoms with Gasteiger partial charge in [-0.25, -0.2) is 0 Å². The zero-order valence-corrected chi connectivity index (χ0v) is 10.3. The van der Waals surface area contributed by atoms with Gasteiger partial charge in [-0.3, -0.25) is 0 Å². The van der Waals surface area contributed by atoms with Crippen LogP contribution in [0.1, 0.15) is 11.1 Å². The van der Waals surface area contributed by atoms with E-state index in [1.807, 2.05) is 19.1 Å². The SMILES string of the molecule is Cc1cccc(N)c1Nc1ccc(C(F)(F)F)cc1. The Balaban J connectivity index is 2.25. The van der Waals surface area contributed by atoms with Gasteiger partial charge in [-0.2, -0.15) is 13.2 Å². The molecule has 2 rings (SSSR count). The Kier molecular flexibility index (Phi) is 3.38. The molecular formula is C14H13F3N2. The number of nitrogens with two attached hydrogens (primary N) is 1. The van der Waals surface area contributed by atoms with Crippen LogP contribution in [0.5, 0.6) is 0 Å². The molecule has 0 aromatic heterocycles. The largest absolute Gasteiger partial charge is 0.416 e. The van der Waals surface area contributed by atoms with Crippen molar-refractivity contribution >= 4 is 17.1 Å². The van der Waals surface area contributed by atoms with Gasteiger partial charge in [-0.1, -0.05) is 12.1 Å². The van der Waals surface area contributed by atoms with Crippen molar-refractivity contribution in [1.29, 1.82) is 0 Å². The zero-order chi connectivity index (χ0) is 14.0. The number of aryl methyl sites for hydroxylation is 1. The second-order valence-electron chi connectivity index (χ2n) is 4.24. The summed E-state index contributed by atoms with van der Waals surface area (Å²) < 4.78 is 37.3. The summed E-state index contributed by atoms with van der Waals surface area (Å²) in [5.74, 6) is 0. The van der Waals surface area contributed by atoms with E-state index < -0.39 is 11.7 Å². The molecule has 0 amide bonds. The standard InChI is InChI=1S/C14H13F3N2/c1-9-3-2-4-12(18)13(9)19-11-7-5-10(6-8-11)14(15,16)17/h2-8,19H,18H2,1H3. The van der Waals surface area contributed by atoms with E-state index in [2.05, 4.69) is 5.32 Å². The number of nitrogen functional groups attached to an aromatic ring is 1. The van der Waals surface area contributed by atoms with E-state index in [9.17, 15) is 13.2 Å². The van der Waals surface area contributed by atoms with Gasteiger partial charge < -0.3 is 11.1 Å². The number of para-hydroxylation sites is 1. The minimum Gasteiger partial charge on any atom is -0.397 e. The maximum atomic E-state index is 12.4. The highest BCUT2D eigenvalue weighted by Crippen LogP contribution is 2.31. The topological polar surface area (TPSA) is 38.0 Å². The molecule has 19 heavy (non-hydrogen) atoms. The highest BCUT2D eigenvalue weighted by atomic mass is 19.4. The lowest BCUT2D eigenvalue weighted by Crippen LogP contribution is -2.04. The first-order chi connectivity index (χ1) is 8.88. The molecular weight excluding hydrogens is 253 g/mol. The van der Waals surface area contributed by atoms with Gasteiger partial charge in [-0.15, -0.1) is 0 Å². The predicted molar refractivity (Wildman–Crippen MR) is 70.3 cm³/mol. The third-order valence-corrected chi connectivity index (χ3v) is 2.79. The zero-order valence-electron chi connectivity index (χ0n) is 10.3. The highest BCUT2D eigenvalue weighted by Gasteiger charge is 2.29. The number of hydrogen-bond acceptors (Lipinski definition) is 2. The molecule has 0 fully saturated rings. The van der Waals surface area contributed by atoms with Crippen LogP contribution in [0.2, 0.25) is 0 Å². The van der Waals surface area contributed by atoms with Gasteiger partial charge in [0.2, 0.25) is 0 Å². The first-order valence-corrected chi connectivity index (χ1v) is 5.67. The number of nitrogens with one attached hydrogen (secondary N) is 1. The number of benzene rings is 2. The van der Waals surface area contributed by atoms with Crippen molar-refractivity contribution in [3.63, 3.8) is 0 Å². The summed E-state index contributed by atoms with van der Waals surface area (Å²) in [5, 5.41) is 3.03. The number of anilines is 3. The van der Waals surface area contributed by atoms with Crippen LogP contribution in [0.15, 0.2) is 42.5 Å². The second kappa shape index (κ2) is 4.84. The van der Waals surface area contributed by atoms with Gasteiger partial charge in [0, 0.05) is 5.69 Å². The fourth-order valence-electron chi connectivity index (χ4n) is 1.75. The molecule has 2 nitrogen and oxygen atoms in total. The molecule has 0 unspecified atom stereocenters. The molecule has 100 valence electrons. The summed E-state index contributed by atoms with van der Waals surface area (Å²) in [4.78, 5) is 0. The van der Waals surface area contributed by atoms with Crippen LogP contribution in [-0.4, -0.2) is 0 Å². The molecule has 0 aliphatic rings. The van der Waals surface area contributed by atoms with E-state index in [0.29, 0.717) is 17.1 Å². The maximum Gasteiger partial charge on any atom is 0.416 e. The maximum absolute atomic E-state index is 12.4. The average molecular weight is 266 g/mol. The fourth-order valence-corrected chi connectivity index (χ4v) is 1.75. The van der Waals surface area contributed by atoms with Crippen molar-refractivity contribution < 1.29 is 13.2 Å². The minimum absolute atomic E-state index is 0.555. The molecule has 0 bridgehead atoms. The molecule has 0 aliphatic heterocycles. The van der Waals surface area contributed by atoms with E-state index in [-0.39, 0.29) is 0 Å². The van der Waals surface area contributed by atoms with E-state index in [1.54, 1.807) is 6.07 Å². The van der Waals surface area contributed by atoms with E-state index in [1.165, 1.54) is 12.1 Å². The first-order valence-electron chi connectivity index (χ1n) is 5.67. The van der Waals surface area contributed by atoms with Crippen molar-refractivity contribution in [2.75, 3.05) is 11.1 Å². The van der Waals surface area contributed by atoms with Crippen molar-refractivity contribution in [2.24, 2.45) is 0 Å². The second-order valence-corrected chi connectivity index (χ2v) is 4.24. The summed E-state index contributed by atoms with van der Waals surface area (Å²) in [7, 11) is 0. The molecule has 0 aliphatic carbocycles. The van der Waals surface area contributed by atoms with Crippen LogP contribution in [0.3, 0.4) is 0 Å². The summed E-state index contributed by atoms with van der Waals surface area (Å²) in [5.41, 5.74) is 7.92. The third kappa shape index (κ3) is 2.99. The average Bonchev–Trinajstić information content (AvgIpc) is 2.33. The van der Waals surface area contributed by atoms with E-state index in [0.717, 1.165) is 17.7 Å². The molecule has 0 atom stereocenters. The molecule has 2 aromatic carbocycles. The predicted octanol–water partition coefficient (Wildman–Crippen LogP) is 4.34. The van der Waals surface area contributed by atoms with Crippen LogP contribution in [-0.2, 0) is 6.18 Å². The normalized spacial score (nSPS) is 11.4. The Morgan fingerprint density at radius 2 is 1.63 bits per heavy atom. The van der Waals surface area contributed by atoms with Crippen LogP contribution in [0.4, 0.5) is 30.2 Å². The van der Waals surface area contributed by atoms with Crippen LogP contribution in [0.25, 0.3) is 0 Å². The Hall–Kier alpha value is -2.17. The highest BCUT2D eigenvalue weighted by molar-refractivity contribution is 5.75. The Bertz CT molecular complexity index is 554. The van der Waals surface area contributed by atoms with Gasteiger partial charge >= 0.3 is 6.18 Å². The summed E-state index contributed by atoms with van der Waals surface area (Å²) in [6.07, 6.45) is -4.32. The number of alkyl halides is 3. The van der Waals surface area contributed by atoms with E-state index in [4.69, 9.17) is 5.73 Å². The molecule has 2 aromatic rings. The Morgan fingerprint density at radius 3 is 2.16 bits per heavy atom. The Labute approximate surface area is 109 Å². The lowest BCUT2D eigenvalue weighted by Gasteiger charge is -2.13. The van der Waals surface area contributed by atoms with Gasteiger partial charge in [-0.05, 0) is 42.8 Å². The van der Waals surface area contributed by atoms with Crippen LogP contribution < -0.4 is 11.1 Å². The number of hydrogen-bond donors (Lipinski definition) is 2. The van der Waals surface area contributed by atoms with Crippen LogP contribution in [0, 0.1) is 6.92 Å². The molecule has 0 saturated carbocycles. The van der Waals surface area contributed by atoms with Crippen molar-refractivity contribution in [3.8, 4) is 0 Å². The van der Waals surface area contributed by atoms with Crippen molar-refractivity contribution in [1.82, 2.24) is 0 Å². The lowest BCUT2D eigenvalue weighted by molar-refractivity contribution is -0.137. The summed E-state index contributed by atoms with van der Waals surface area (Å²) in [6, 6.07) is 10.3. The van der Waals surface area contributed by atoms with Crippen LogP contribution >= 0.6 is 0 Å². The summed E-state index contributed by atoms with van der Waals surface area (Å²) in [6.45, 7) is 1.88.